The highest BCUT2D eigenvalue weighted by Gasteiger charge is 2.47. The fourth-order valence-electron chi connectivity index (χ4n) is 4.83. The van der Waals surface area contributed by atoms with E-state index in [-0.39, 0.29) is 16.4 Å². The second-order valence-electron chi connectivity index (χ2n) is 7.61. The molecule has 0 radical (unpaired) electrons. The van der Waals surface area contributed by atoms with Crippen LogP contribution in [-0.4, -0.2) is 29.8 Å². The molecule has 2 saturated heterocycles. The van der Waals surface area contributed by atoms with Crippen molar-refractivity contribution in [3.8, 4) is 10.4 Å². The summed E-state index contributed by atoms with van der Waals surface area (Å²) in [7, 11) is -2.95. The van der Waals surface area contributed by atoms with Crippen LogP contribution in [0.3, 0.4) is 0 Å². The fourth-order valence-corrected chi connectivity index (χ4v) is 8.02. The van der Waals surface area contributed by atoms with Gasteiger partial charge in [0.25, 0.3) is 5.91 Å². The Bertz CT molecular complexity index is 1130. The van der Waals surface area contributed by atoms with Gasteiger partial charge in [0.15, 0.2) is 9.84 Å². The first-order valence-corrected chi connectivity index (χ1v) is 11.7. The van der Waals surface area contributed by atoms with Crippen LogP contribution in [0, 0.1) is 0 Å². The molecular formula is C20H20N2O3S2. The zero-order chi connectivity index (χ0) is 18.8. The van der Waals surface area contributed by atoms with Crippen molar-refractivity contribution in [3.63, 3.8) is 0 Å². The van der Waals surface area contributed by atoms with Gasteiger partial charge in [-0.25, -0.2) is 8.42 Å². The molecule has 0 spiro atoms. The SMILES string of the molecule is NC(=O)c1cc(-c2cccs2)cc2c(C3C[C@H]4CC[C@@H](C3)S4(=O)=O)c[nH]c12. The number of hydrogen-bond acceptors (Lipinski definition) is 4. The maximum atomic E-state index is 12.4. The van der Waals surface area contributed by atoms with Gasteiger partial charge in [0.05, 0.1) is 21.6 Å². The quantitative estimate of drug-likeness (QED) is 0.700. The van der Waals surface area contributed by atoms with Gasteiger partial charge in [0, 0.05) is 16.5 Å². The predicted octanol–water partition coefficient (Wildman–Crippen LogP) is 3.82. The Kier molecular flexibility index (Phi) is 3.74. The molecule has 3 atom stereocenters. The molecule has 2 fully saturated rings. The number of nitrogens with two attached hydrogens (primary N) is 1. The number of thiophene rings is 1. The molecule has 3 aromatic rings. The number of benzene rings is 1. The van der Waals surface area contributed by atoms with Crippen LogP contribution in [-0.2, 0) is 9.84 Å². The zero-order valence-electron chi connectivity index (χ0n) is 14.6. The molecule has 1 unspecified atom stereocenters. The summed E-state index contributed by atoms with van der Waals surface area (Å²) < 4.78 is 24.9. The molecule has 1 aromatic carbocycles. The van der Waals surface area contributed by atoms with Crippen LogP contribution < -0.4 is 5.73 Å². The zero-order valence-corrected chi connectivity index (χ0v) is 16.3. The van der Waals surface area contributed by atoms with Gasteiger partial charge in [0.1, 0.15) is 0 Å². The number of H-pyrrole nitrogens is 1. The molecule has 0 aliphatic carbocycles. The smallest absolute Gasteiger partial charge is 0.250 e. The number of hydrogen-bond donors (Lipinski definition) is 2. The first-order chi connectivity index (χ1) is 12.9. The lowest BCUT2D eigenvalue weighted by atomic mass is 9.89. The number of amides is 1. The van der Waals surface area contributed by atoms with Crippen molar-refractivity contribution in [2.75, 3.05) is 0 Å². The van der Waals surface area contributed by atoms with Gasteiger partial charge < -0.3 is 10.7 Å². The molecule has 2 aliphatic heterocycles. The number of aromatic nitrogens is 1. The van der Waals surface area contributed by atoms with Gasteiger partial charge in [-0.15, -0.1) is 11.3 Å². The minimum atomic E-state index is -2.95. The van der Waals surface area contributed by atoms with E-state index in [2.05, 4.69) is 11.1 Å². The van der Waals surface area contributed by atoms with Gasteiger partial charge in [-0.05, 0) is 66.3 Å². The summed E-state index contributed by atoms with van der Waals surface area (Å²) in [4.78, 5) is 16.4. The Morgan fingerprint density at radius 1 is 1.19 bits per heavy atom. The van der Waals surface area contributed by atoms with Crippen LogP contribution in [0.4, 0.5) is 0 Å². The third kappa shape index (κ3) is 2.56. The number of aromatic amines is 1. The minimum absolute atomic E-state index is 0.194. The Morgan fingerprint density at radius 2 is 1.93 bits per heavy atom. The number of sulfone groups is 1. The van der Waals surface area contributed by atoms with Crippen molar-refractivity contribution < 1.29 is 13.2 Å². The summed E-state index contributed by atoms with van der Waals surface area (Å²) in [5.74, 6) is -0.266. The molecule has 140 valence electrons. The van der Waals surface area contributed by atoms with Crippen molar-refractivity contribution in [1.29, 1.82) is 0 Å². The summed E-state index contributed by atoms with van der Waals surface area (Å²) in [5.41, 5.74) is 8.95. The van der Waals surface area contributed by atoms with Crippen molar-refractivity contribution in [3.05, 3.63) is 47.0 Å². The van der Waals surface area contributed by atoms with Gasteiger partial charge in [-0.3, -0.25) is 4.79 Å². The number of carbonyl (C=O) groups is 1. The highest BCUT2D eigenvalue weighted by molar-refractivity contribution is 7.93. The summed E-state index contributed by atoms with van der Waals surface area (Å²) in [6.45, 7) is 0. The van der Waals surface area contributed by atoms with Crippen molar-refractivity contribution >= 4 is 38.0 Å². The van der Waals surface area contributed by atoms with E-state index in [9.17, 15) is 13.2 Å². The highest BCUT2D eigenvalue weighted by Crippen LogP contribution is 2.47. The predicted molar refractivity (Wildman–Crippen MR) is 108 cm³/mol. The second kappa shape index (κ2) is 5.94. The standard InChI is InChI=1S/C20H20N2O3S2/c21-20(23)16-9-12(18-2-1-5-26-18)8-15-17(10-22-19(15)16)11-6-13-3-4-14(7-11)27(13,24)25/h1-2,5,8-11,13-14,22H,3-4,6-7H2,(H2,21,23)/t11?,13-,14+. The van der Waals surface area contributed by atoms with E-state index in [1.807, 2.05) is 29.8 Å². The Balaban J connectivity index is 1.65. The van der Waals surface area contributed by atoms with Crippen molar-refractivity contribution in [2.45, 2.75) is 42.1 Å². The lowest BCUT2D eigenvalue weighted by molar-refractivity contribution is 0.100. The molecule has 2 aromatic heterocycles. The van der Waals surface area contributed by atoms with Crippen molar-refractivity contribution in [1.82, 2.24) is 4.98 Å². The molecule has 1 amide bonds. The summed E-state index contributed by atoms with van der Waals surface area (Å²) in [6, 6.07) is 7.95. The first-order valence-electron chi connectivity index (χ1n) is 9.16. The number of carbonyl (C=O) groups excluding carboxylic acids is 1. The maximum Gasteiger partial charge on any atom is 0.250 e. The van der Waals surface area contributed by atoms with E-state index in [4.69, 9.17) is 5.73 Å². The topological polar surface area (TPSA) is 93.0 Å². The summed E-state index contributed by atoms with van der Waals surface area (Å²) in [6.07, 6.45) is 4.83. The van der Waals surface area contributed by atoms with E-state index in [0.29, 0.717) is 18.4 Å². The van der Waals surface area contributed by atoms with Gasteiger partial charge in [-0.1, -0.05) is 6.07 Å². The highest BCUT2D eigenvalue weighted by atomic mass is 32.2. The largest absolute Gasteiger partial charge is 0.366 e. The molecule has 5 nitrogen and oxygen atoms in total. The molecule has 3 N–H and O–H groups in total. The molecular weight excluding hydrogens is 380 g/mol. The Labute approximate surface area is 161 Å². The molecule has 2 aliphatic rings. The van der Waals surface area contributed by atoms with Crippen LogP contribution in [0.1, 0.15) is 47.5 Å². The molecule has 27 heavy (non-hydrogen) atoms. The normalized spacial score (nSPS) is 26.4. The van der Waals surface area contributed by atoms with E-state index >= 15 is 0 Å². The van der Waals surface area contributed by atoms with Gasteiger partial charge >= 0.3 is 0 Å². The molecule has 0 saturated carbocycles. The molecule has 5 rings (SSSR count). The van der Waals surface area contributed by atoms with Gasteiger partial charge in [-0.2, -0.15) is 0 Å². The van der Waals surface area contributed by atoms with Crippen LogP contribution in [0.5, 0.6) is 0 Å². The van der Waals surface area contributed by atoms with E-state index in [1.165, 1.54) is 0 Å². The van der Waals surface area contributed by atoms with Crippen LogP contribution in [0.2, 0.25) is 0 Å². The van der Waals surface area contributed by atoms with Crippen LogP contribution >= 0.6 is 11.3 Å². The number of fused-ring (bicyclic) bond motifs is 3. The van der Waals surface area contributed by atoms with E-state index < -0.39 is 15.7 Å². The monoisotopic (exact) mass is 400 g/mol. The molecule has 7 heteroatoms. The summed E-state index contributed by atoms with van der Waals surface area (Å²) >= 11 is 1.62. The first kappa shape index (κ1) is 17.0. The Hall–Kier alpha value is -2.12. The second-order valence-corrected chi connectivity index (χ2v) is 11.1. The molecule has 2 bridgehead atoms. The number of nitrogens with one attached hydrogen (secondary N) is 1. The third-order valence-corrected chi connectivity index (χ3v) is 9.80. The Morgan fingerprint density at radius 3 is 2.56 bits per heavy atom. The van der Waals surface area contributed by atoms with Crippen molar-refractivity contribution in [2.24, 2.45) is 5.73 Å². The average molecular weight is 401 g/mol. The fraction of sp³-hybridized carbons (Fsp3) is 0.350. The lowest BCUT2D eigenvalue weighted by Crippen LogP contribution is -2.31. The van der Waals surface area contributed by atoms with E-state index in [1.54, 1.807) is 11.3 Å². The average Bonchev–Trinajstić information content (AvgIpc) is 3.31. The molecule has 4 heterocycles. The van der Waals surface area contributed by atoms with Crippen LogP contribution in [0.15, 0.2) is 35.8 Å². The lowest BCUT2D eigenvalue weighted by Gasteiger charge is -2.27. The van der Waals surface area contributed by atoms with E-state index in [0.717, 1.165) is 39.7 Å². The maximum absolute atomic E-state index is 12.4. The number of primary amides is 1. The summed E-state index contributed by atoms with van der Waals surface area (Å²) in [5, 5.41) is 2.55. The minimum Gasteiger partial charge on any atom is -0.366 e. The van der Waals surface area contributed by atoms with Crippen LogP contribution in [0.25, 0.3) is 21.3 Å². The third-order valence-electron chi connectivity index (χ3n) is 6.17. The van der Waals surface area contributed by atoms with Gasteiger partial charge in [0.2, 0.25) is 0 Å². The number of rotatable bonds is 3.